The molecule has 0 bridgehead atoms. The van der Waals surface area contributed by atoms with Crippen LogP contribution >= 0.6 is 0 Å². The Hall–Kier alpha value is -3.22. The molecule has 0 saturated heterocycles. The van der Waals surface area contributed by atoms with Crippen LogP contribution in [-0.4, -0.2) is 28.1 Å². The molecule has 0 aliphatic carbocycles. The standard InChI is InChI=1S/C18H18N4O3/c1-4-16-21-17(22-25-16)12-5-6-15(11(2)9-12)24-13-7-8-20-14(10-13)18(23)19-3/h5-10H,4H2,1-3H3,(H,19,23). The lowest BCUT2D eigenvalue weighted by Crippen LogP contribution is -2.18. The Morgan fingerprint density at radius 3 is 2.80 bits per heavy atom. The number of ether oxygens (including phenoxy) is 1. The summed E-state index contributed by atoms with van der Waals surface area (Å²) in [5.74, 6) is 2.11. The first-order chi connectivity index (χ1) is 12.1. The van der Waals surface area contributed by atoms with Crippen molar-refractivity contribution in [2.75, 3.05) is 7.05 Å². The second-order valence-corrected chi connectivity index (χ2v) is 5.40. The highest BCUT2D eigenvalue weighted by Crippen LogP contribution is 2.28. The minimum atomic E-state index is -0.263. The van der Waals surface area contributed by atoms with Crippen molar-refractivity contribution in [3.05, 3.63) is 53.7 Å². The molecule has 0 aliphatic heterocycles. The van der Waals surface area contributed by atoms with Crippen LogP contribution in [-0.2, 0) is 6.42 Å². The van der Waals surface area contributed by atoms with Gasteiger partial charge in [0.2, 0.25) is 11.7 Å². The number of hydrogen-bond donors (Lipinski definition) is 1. The minimum absolute atomic E-state index is 0.263. The smallest absolute Gasteiger partial charge is 0.269 e. The minimum Gasteiger partial charge on any atom is -0.457 e. The van der Waals surface area contributed by atoms with Gasteiger partial charge in [0.15, 0.2) is 0 Å². The van der Waals surface area contributed by atoms with E-state index in [0.717, 1.165) is 11.1 Å². The van der Waals surface area contributed by atoms with E-state index in [1.807, 2.05) is 32.0 Å². The number of aromatic nitrogens is 3. The highest BCUT2D eigenvalue weighted by molar-refractivity contribution is 5.92. The molecule has 0 radical (unpaired) electrons. The van der Waals surface area contributed by atoms with Crippen molar-refractivity contribution < 1.29 is 14.1 Å². The number of amides is 1. The SMILES string of the molecule is CCc1nc(-c2ccc(Oc3ccnc(C(=O)NC)c3)c(C)c2)no1. The fraction of sp³-hybridized carbons (Fsp3) is 0.222. The summed E-state index contributed by atoms with van der Waals surface area (Å²) in [4.78, 5) is 20.0. The van der Waals surface area contributed by atoms with E-state index in [9.17, 15) is 4.79 Å². The van der Waals surface area contributed by atoms with Crippen molar-refractivity contribution in [2.45, 2.75) is 20.3 Å². The first-order valence-corrected chi connectivity index (χ1v) is 7.90. The molecular weight excluding hydrogens is 320 g/mol. The van der Waals surface area contributed by atoms with E-state index in [4.69, 9.17) is 9.26 Å². The number of carbonyl (C=O) groups excluding carboxylic acids is 1. The number of nitrogens with one attached hydrogen (secondary N) is 1. The van der Waals surface area contributed by atoms with Crippen molar-refractivity contribution >= 4 is 5.91 Å². The van der Waals surface area contributed by atoms with Gasteiger partial charge in [-0.1, -0.05) is 12.1 Å². The lowest BCUT2D eigenvalue weighted by Gasteiger charge is -2.10. The number of aryl methyl sites for hydroxylation is 2. The third-order valence-corrected chi connectivity index (χ3v) is 3.62. The molecule has 0 saturated carbocycles. The second kappa shape index (κ2) is 7.12. The van der Waals surface area contributed by atoms with E-state index in [0.29, 0.717) is 35.3 Å². The fourth-order valence-corrected chi connectivity index (χ4v) is 2.27. The molecular formula is C18H18N4O3. The summed E-state index contributed by atoms with van der Waals surface area (Å²) >= 11 is 0. The van der Waals surface area contributed by atoms with Crippen LogP contribution in [0.4, 0.5) is 0 Å². The van der Waals surface area contributed by atoms with Gasteiger partial charge in [0.25, 0.3) is 5.91 Å². The number of hydrogen-bond acceptors (Lipinski definition) is 6. The van der Waals surface area contributed by atoms with Crippen molar-refractivity contribution in [1.29, 1.82) is 0 Å². The van der Waals surface area contributed by atoms with Crippen LogP contribution in [0.25, 0.3) is 11.4 Å². The molecule has 2 heterocycles. The molecule has 1 aromatic carbocycles. The largest absolute Gasteiger partial charge is 0.457 e. The van der Waals surface area contributed by atoms with Gasteiger partial charge in [-0.05, 0) is 36.8 Å². The Morgan fingerprint density at radius 1 is 1.28 bits per heavy atom. The van der Waals surface area contributed by atoms with Crippen LogP contribution < -0.4 is 10.1 Å². The quantitative estimate of drug-likeness (QED) is 0.768. The van der Waals surface area contributed by atoms with Gasteiger partial charge in [0.1, 0.15) is 17.2 Å². The molecule has 0 fully saturated rings. The maximum absolute atomic E-state index is 11.7. The van der Waals surface area contributed by atoms with E-state index in [1.165, 1.54) is 6.20 Å². The van der Waals surface area contributed by atoms with Gasteiger partial charge < -0.3 is 14.6 Å². The van der Waals surface area contributed by atoms with Crippen LogP contribution in [0.3, 0.4) is 0 Å². The molecule has 3 rings (SSSR count). The van der Waals surface area contributed by atoms with Crippen LogP contribution in [0.15, 0.2) is 41.1 Å². The molecule has 0 spiro atoms. The maximum Gasteiger partial charge on any atom is 0.269 e. The Bertz CT molecular complexity index is 905. The number of benzene rings is 1. The van der Waals surface area contributed by atoms with Gasteiger partial charge in [0.05, 0.1) is 0 Å². The van der Waals surface area contributed by atoms with Crippen LogP contribution in [0.1, 0.15) is 28.9 Å². The zero-order valence-corrected chi connectivity index (χ0v) is 14.2. The summed E-state index contributed by atoms with van der Waals surface area (Å²) in [5, 5.41) is 6.51. The van der Waals surface area contributed by atoms with Gasteiger partial charge in [0, 0.05) is 31.3 Å². The molecule has 0 aliphatic rings. The van der Waals surface area contributed by atoms with E-state index in [1.54, 1.807) is 19.2 Å². The summed E-state index contributed by atoms with van der Waals surface area (Å²) < 4.78 is 11.0. The molecule has 1 N–H and O–H groups in total. The van der Waals surface area contributed by atoms with Crippen molar-refractivity contribution in [1.82, 2.24) is 20.4 Å². The zero-order valence-electron chi connectivity index (χ0n) is 14.2. The lowest BCUT2D eigenvalue weighted by molar-refractivity contribution is 0.0958. The molecule has 2 aromatic heterocycles. The predicted molar refractivity (Wildman–Crippen MR) is 91.6 cm³/mol. The van der Waals surface area contributed by atoms with Gasteiger partial charge in [-0.2, -0.15) is 4.98 Å². The molecule has 0 unspecified atom stereocenters. The Morgan fingerprint density at radius 2 is 2.12 bits per heavy atom. The van der Waals surface area contributed by atoms with Gasteiger partial charge in [-0.3, -0.25) is 9.78 Å². The van der Waals surface area contributed by atoms with Gasteiger partial charge in [-0.25, -0.2) is 0 Å². The van der Waals surface area contributed by atoms with Crippen molar-refractivity contribution in [3.63, 3.8) is 0 Å². The summed E-state index contributed by atoms with van der Waals surface area (Å²) in [6.07, 6.45) is 2.23. The average molecular weight is 338 g/mol. The molecule has 128 valence electrons. The first kappa shape index (κ1) is 16.6. The predicted octanol–water partition coefficient (Wildman–Crippen LogP) is 3.15. The first-order valence-electron chi connectivity index (χ1n) is 7.90. The van der Waals surface area contributed by atoms with Crippen molar-refractivity contribution in [3.8, 4) is 22.9 Å². The maximum atomic E-state index is 11.7. The Labute approximate surface area is 145 Å². The second-order valence-electron chi connectivity index (χ2n) is 5.40. The summed E-state index contributed by atoms with van der Waals surface area (Å²) in [6.45, 7) is 3.89. The average Bonchev–Trinajstić information content (AvgIpc) is 3.12. The van der Waals surface area contributed by atoms with Crippen LogP contribution in [0, 0.1) is 6.92 Å². The summed E-state index contributed by atoms with van der Waals surface area (Å²) in [7, 11) is 1.56. The zero-order chi connectivity index (χ0) is 17.8. The molecule has 7 heteroatoms. The highest BCUT2D eigenvalue weighted by Gasteiger charge is 2.11. The molecule has 25 heavy (non-hydrogen) atoms. The number of carbonyl (C=O) groups is 1. The van der Waals surface area contributed by atoms with Crippen molar-refractivity contribution in [2.24, 2.45) is 0 Å². The van der Waals surface area contributed by atoms with E-state index in [2.05, 4.69) is 20.4 Å². The van der Waals surface area contributed by atoms with Gasteiger partial charge in [-0.15, -0.1) is 0 Å². The molecule has 3 aromatic rings. The molecule has 0 atom stereocenters. The third kappa shape index (κ3) is 3.65. The van der Waals surface area contributed by atoms with Crippen LogP contribution in [0.2, 0.25) is 0 Å². The van der Waals surface area contributed by atoms with Crippen LogP contribution in [0.5, 0.6) is 11.5 Å². The lowest BCUT2D eigenvalue weighted by atomic mass is 10.1. The fourth-order valence-electron chi connectivity index (χ4n) is 2.27. The number of nitrogens with zero attached hydrogens (tertiary/aromatic N) is 3. The number of pyridine rings is 1. The molecule has 1 amide bonds. The highest BCUT2D eigenvalue weighted by atomic mass is 16.5. The topological polar surface area (TPSA) is 90.1 Å². The normalized spacial score (nSPS) is 10.5. The Kier molecular flexibility index (Phi) is 4.74. The van der Waals surface area contributed by atoms with E-state index < -0.39 is 0 Å². The van der Waals surface area contributed by atoms with E-state index in [-0.39, 0.29) is 5.91 Å². The third-order valence-electron chi connectivity index (χ3n) is 3.62. The Balaban J connectivity index is 1.83. The van der Waals surface area contributed by atoms with E-state index >= 15 is 0 Å². The van der Waals surface area contributed by atoms with Gasteiger partial charge >= 0.3 is 0 Å². The summed E-state index contributed by atoms with van der Waals surface area (Å²) in [6, 6.07) is 8.94. The monoisotopic (exact) mass is 338 g/mol. The number of rotatable bonds is 5. The summed E-state index contributed by atoms with van der Waals surface area (Å²) in [5.41, 5.74) is 2.07. The molecule has 7 nitrogen and oxygen atoms in total.